The second-order valence-corrected chi connectivity index (χ2v) is 8.26. The summed E-state index contributed by atoms with van der Waals surface area (Å²) >= 11 is 0. The maximum Gasteiger partial charge on any atom is 0.100 e. The number of anilines is 4. The van der Waals surface area contributed by atoms with E-state index in [1.54, 1.807) is 0 Å². The zero-order valence-corrected chi connectivity index (χ0v) is 18.3. The Hall–Kier alpha value is -4.30. The van der Waals surface area contributed by atoms with Crippen molar-refractivity contribution in [2.75, 3.05) is 16.5 Å². The summed E-state index contributed by atoms with van der Waals surface area (Å²) in [5.41, 5.74) is 9.81. The van der Waals surface area contributed by atoms with Crippen LogP contribution in [0.3, 0.4) is 0 Å². The zero-order chi connectivity index (χ0) is 22.0. The molecule has 1 aliphatic rings. The monoisotopic (exact) mass is 424 g/mol. The minimum atomic E-state index is 0.757. The summed E-state index contributed by atoms with van der Waals surface area (Å²) in [6.07, 6.45) is 0. The third-order valence-corrected chi connectivity index (χ3v) is 6.29. The molecule has 0 amide bonds. The minimum Gasteiger partial charge on any atom is -0.321 e. The Morgan fingerprint density at radius 1 is 0.394 bits per heavy atom. The van der Waals surface area contributed by atoms with E-state index in [0.29, 0.717) is 0 Å². The molecule has 0 aromatic heterocycles. The molecule has 158 valence electrons. The lowest BCUT2D eigenvalue weighted by molar-refractivity contribution is 0.992. The molecule has 0 unspecified atom stereocenters. The predicted octanol–water partition coefficient (Wildman–Crippen LogP) is 8.27. The fraction of sp³-hybridized carbons (Fsp3) is 0.0323. The van der Waals surface area contributed by atoms with Gasteiger partial charge in [-0.25, -0.2) is 0 Å². The van der Waals surface area contributed by atoms with Gasteiger partial charge in [-0.15, -0.1) is 0 Å². The topological polar surface area (TPSA) is 6.48 Å². The van der Waals surface area contributed by atoms with Crippen molar-refractivity contribution >= 4 is 22.7 Å². The van der Waals surface area contributed by atoms with Gasteiger partial charge >= 0.3 is 0 Å². The first-order chi connectivity index (χ1) is 16.4. The van der Waals surface area contributed by atoms with Gasteiger partial charge in [-0.3, -0.25) is 0 Å². The fourth-order valence-corrected chi connectivity index (χ4v) is 4.77. The van der Waals surface area contributed by atoms with Gasteiger partial charge in [0.1, 0.15) is 6.67 Å². The second-order valence-electron chi connectivity index (χ2n) is 8.26. The second kappa shape index (κ2) is 8.33. The van der Waals surface area contributed by atoms with E-state index in [2.05, 4.69) is 143 Å². The van der Waals surface area contributed by atoms with Crippen LogP contribution in [-0.4, -0.2) is 6.67 Å². The van der Waals surface area contributed by atoms with Crippen LogP contribution in [-0.2, 0) is 0 Å². The molecule has 0 radical (unpaired) electrons. The zero-order valence-electron chi connectivity index (χ0n) is 18.3. The first kappa shape index (κ1) is 19.4. The first-order valence-corrected chi connectivity index (χ1v) is 11.3. The molecule has 0 fully saturated rings. The number of hydrogen-bond donors (Lipinski definition) is 0. The van der Waals surface area contributed by atoms with E-state index in [1.165, 1.54) is 45.0 Å². The largest absolute Gasteiger partial charge is 0.321 e. The molecular weight excluding hydrogens is 400 g/mol. The van der Waals surface area contributed by atoms with Crippen LogP contribution in [0.15, 0.2) is 133 Å². The molecule has 0 bridgehead atoms. The summed E-state index contributed by atoms with van der Waals surface area (Å²) in [4.78, 5) is 4.86. The van der Waals surface area contributed by atoms with Crippen LogP contribution in [0.5, 0.6) is 0 Å². The normalized spacial score (nSPS) is 12.6. The lowest BCUT2D eigenvalue weighted by atomic mass is 9.95. The van der Waals surface area contributed by atoms with Crippen molar-refractivity contribution in [2.45, 2.75) is 0 Å². The fourth-order valence-electron chi connectivity index (χ4n) is 4.77. The van der Waals surface area contributed by atoms with Crippen LogP contribution in [0.4, 0.5) is 22.7 Å². The summed E-state index contributed by atoms with van der Waals surface area (Å²) in [5.74, 6) is 0. The molecule has 0 saturated carbocycles. The highest BCUT2D eigenvalue weighted by Crippen LogP contribution is 2.49. The van der Waals surface area contributed by atoms with Gasteiger partial charge in [-0.1, -0.05) is 109 Å². The Kier molecular flexibility index (Phi) is 4.89. The van der Waals surface area contributed by atoms with Crippen molar-refractivity contribution in [1.82, 2.24) is 0 Å². The molecule has 2 nitrogen and oxygen atoms in total. The smallest absolute Gasteiger partial charge is 0.100 e. The van der Waals surface area contributed by atoms with Crippen LogP contribution in [0.1, 0.15) is 0 Å². The molecule has 0 spiro atoms. The number of hydrogen-bond acceptors (Lipinski definition) is 2. The van der Waals surface area contributed by atoms with Crippen LogP contribution in [0.2, 0.25) is 0 Å². The molecule has 6 rings (SSSR count). The average Bonchev–Trinajstić information content (AvgIpc) is 3.29. The molecule has 0 atom stereocenters. The Labute approximate surface area is 195 Å². The van der Waals surface area contributed by atoms with Gasteiger partial charge in [-0.05, 0) is 35.4 Å². The lowest BCUT2D eigenvalue weighted by Crippen LogP contribution is -2.24. The van der Waals surface area contributed by atoms with Gasteiger partial charge in [-0.2, -0.15) is 0 Å². The van der Waals surface area contributed by atoms with Gasteiger partial charge in [0, 0.05) is 16.8 Å². The van der Waals surface area contributed by atoms with E-state index in [1.807, 2.05) is 0 Å². The van der Waals surface area contributed by atoms with Crippen molar-refractivity contribution in [1.29, 1.82) is 0 Å². The van der Waals surface area contributed by atoms with Gasteiger partial charge in [0.15, 0.2) is 0 Å². The number of benzene rings is 5. The van der Waals surface area contributed by atoms with Crippen LogP contribution in [0, 0.1) is 0 Å². The summed E-state index contributed by atoms with van der Waals surface area (Å²) in [5, 5.41) is 0. The highest BCUT2D eigenvalue weighted by atomic mass is 15.4. The molecule has 0 saturated heterocycles. The molecule has 0 aliphatic carbocycles. The number of nitrogens with zero attached hydrogens (tertiary/aromatic N) is 2. The van der Waals surface area contributed by atoms with Crippen LogP contribution < -0.4 is 9.80 Å². The molecule has 2 heteroatoms. The van der Waals surface area contributed by atoms with Crippen molar-refractivity contribution in [3.8, 4) is 22.3 Å². The van der Waals surface area contributed by atoms with E-state index in [-0.39, 0.29) is 0 Å². The molecule has 33 heavy (non-hydrogen) atoms. The molecular formula is C31H24N2. The Bertz CT molecular complexity index is 1320. The molecule has 0 N–H and O–H groups in total. The van der Waals surface area contributed by atoms with Gasteiger partial charge < -0.3 is 9.80 Å². The van der Waals surface area contributed by atoms with Gasteiger partial charge in [0.2, 0.25) is 0 Å². The molecule has 5 aromatic carbocycles. The average molecular weight is 425 g/mol. The summed E-state index contributed by atoms with van der Waals surface area (Å²) < 4.78 is 0. The van der Waals surface area contributed by atoms with Crippen molar-refractivity contribution in [2.24, 2.45) is 0 Å². The highest BCUT2D eigenvalue weighted by Gasteiger charge is 2.30. The van der Waals surface area contributed by atoms with Crippen LogP contribution >= 0.6 is 0 Å². The van der Waals surface area contributed by atoms with E-state index in [0.717, 1.165) is 6.67 Å². The summed E-state index contributed by atoms with van der Waals surface area (Å²) in [6.45, 7) is 0.757. The lowest BCUT2D eigenvalue weighted by Gasteiger charge is -2.27. The van der Waals surface area contributed by atoms with Crippen LogP contribution in [0.25, 0.3) is 22.3 Å². The molecule has 5 aromatic rings. The van der Waals surface area contributed by atoms with E-state index >= 15 is 0 Å². The summed E-state index contributed by atoms with van der Waals surface area (Å²) in [6, 6.07) is 47.4. The number of rotatable bonds is 4. The minimum absolute atomic E-state index is 0.757. The summed E-state index contributed by atoms with van der Waals surface area (Å²) in [7, 11) is 0. The molecule has 1 aliphatic heterocycles. The quantitative estimate of drug-likeness (QED) is 0.286. The van der Waals surface area contributed by atoms with E-state index < -0.39 is 0 Å². The van der Waals surface area contributed by atoms with E-state index in [9.17, 15) is 0 Å². The van der Waals surface area contributed by atoms with E-state index in [4.69, 9.17) is 0 Å². The Morgan fingerprint density at radius 2 is 0.848 bits per heavy atom. The predicted molar refractivity (Wildman–Crippen MR) is 139 cm³/mol. The van der Waals surface area contributed by atoms with Gasteiger partial charge in [0.05, 0.1) is 17.1 Å². The molecule has 1 heterocycles. The van der Waals surface area contributed by atoms with Crippen molar-refractivity contribution < 1.29 is 0 Å². The third kappa shape index (κ3) is 3.46. The first-order valence-electron chi connectivity index (χ1n) is 11.3. The standard InChI is InChI=1S/C31H24N2/c1-4-13-24(14-5-1)27-19-12-20-28(25-15-6-2-7-16-25)31(27)33-23-32(26-17-8-3-9-18-26)29-21-10-11-22-30(29)33/h1-22H,23H2. The van der Waals surface area contributed by atoms with Crippen molar-refractivity contribution in [3.05, 3.63) is 133 Å². The Morgan fingerprint density at radius 3 is 1.39 bits per heavy atom. The highest BCUT2D eigenvalue weighted by molar-refractivity contribution is 5.98. The third-order valence-electron chi connectivity index (χ3n) is 6.29. The SMILES string of the molecule is c1ccc(-c2cccc(-c3ccccc3)c2N2CN(c3ccccc3)c3ccccc32)cc1. The Balaban J connectivity index is 1.59. The maximum atomic E-state index is 2.47. The maximum absolute atomic E-state index is 2.47. The number of fused-ring (bicyclic) bond motifs is 1. The number of para-hydroxylation sites is 4. The van der Waals surface area contributed by atoms with Crippen molar-refractivity contribution in [3.63, 3.8) is 0 Å². The van der Waals surface area contributed by atoms with Gasteiger partial charge in [0.25, 0.3) is 0 Å².